The summed E-state index contributed by atoms with van der Waals surface area (Å²) in [4.78, 5) is 2.40. The van der Waals surface area contributed by atoms with Crippen LogP contribution in [0.15, 0.2) is 24.3 Å². The van der Waals surface area contributed by atoms with Crippen LogP contribution in [0, 0.1) is 18.8 Å². The minimum absolute atomic E-state index is 0.355. The second-order valence-electron chi connectivity index (χ2n) is 5.88. The van der Waals surface area contributed by atoms with Crippen molar-refractivity contribution in [2.24, 2.45) is 11.8 Å². The van der Waals surface area contributed by atoms with Crippen LogP contribution in [0.2, 0.25) is 0 Å². The molecule has 0 aromatic heterocycles. The third kappa shape index (κ3) is 3.12. The Hall–Kier alpha value is -0.860. The van der Waals surface area contributed by atoms with Gasteiger partial charge in [-0.25, -0.2) is 0 Å². The molecule has 1 heterocycles. The van der Waals surface area contributed by atoms with Crippen molar-refractivity contribution < 1.29 is 5.11 Å². The molecule has 0 bridgehead atoms. The van der Waals surface area contributed by atoms with E-state index < -0.39 is 0 Å². The van der Waals surface area contributed by atoms with Crippen molar-refractivity contribution in [1.82, 2.24) is 4.90 Å². The van der Waals surface area contributed by atoms with Gasteiger partial charge in [0.1, 0.15) is 0 Å². The van der Waals surface area contributed by atoms with Gasteiger partial charge in [0, 0.05) is 13.1 Å². The lowest BCUT2D eigenvalue weighted by Crippen LogP contribution is -2.40. The van der Waals surface area contributed by atoms with Crippen LogP contribution in [-0.2, 0) is 0 Å². The highest BCUT2D eigenvalue weighted by Crippen LogP contribution is 2.25. The van der Waals surface area contributed by atoms with Gasteiger partial charge in [-0.1, -0.05) is 38.1 Å². The van der Waals surface area contributed by atoms with E-state index >= 15 is 0 Å². The minimum atomic E-state index is -0.355. The second kappa shape index (κ2) is 5.85. The standard InChI is InChI=1S/C16H25NO/c1-12-8-9-17(10-14(12)3)11-16(18)15-7-5-4-6-13(15)2/h4-7,12,14,16,18H,8-11H2,1-3H3. The first-order valence-corrected chi connectivity index (χ1v) is 7.04. The Bertz CT molecular complexity index is 390. The number of likely N-dealkylation sites (tertiary alicyclic amines) is 1. The molecule has 2 heteroatoms. The molecule has 0 spiro atoms. The predicted molar refractivity (Wildman–Crippen MR) is 75.5 cm³/mol. The Balaban J connectivity index is 1.96. The summed E-state index contributed by atoms with van der Waals surface area (Å²) in [5.74, 6) is 1.56. The molecule has 1 aromatic carbocycles. The number of rotatable bonds is 3. The number of aryl methyl sites for hydroxylation is 1. The molecule has 0 saturated carbocycles. The van der Waals surface area contributed by atoms with Gasteiger partial charge < -0.3 is 10.0 Å². The quantitative estimate of drug-likeness (QED) is 0.887. The number of aliphatic hydroxyl groups is 1. The number of piperidine rings is 1. The summed E-state index contributed by atoms with van der Waals surface area (Å²) < 4.78 is 0. The lowest BCUT2D eigenvalue weighted by molar-refractivity contribution is 0.0702. The summed E-state index contributed by atoms with van der Waals surface area (Å²) in [5.41, 5.74) is 2.26. The van der Waals surface area contributed by atoms with Gasteiger partial charge in [0.15, 0.2) is 0 Å². The fraction of sp³-hybridized carbons (Fsp3) is 0.625. The van der Waals surface area contributed by atoms with Crippen LogP contribution < -0.4 is 0 Å². The van der Waals surface area contributed by atoms with E-state index in [1.165, 1.54) is 12.0 Å². The zero-order chi connectivity index (χ0) is 13.1. The average Bonchev–Trinajstić information content (AvgIpc) is 2.34. The summed E-state index contributed by atoms with van der Waals surface area (Å²) in [5, 5.41) is 10.4. The summed E-state index contributed by atoms with van der Waals surface area (Å²) in [6.45, 7) is 9.72. The van der Waals surface area contributed by atoms with Crippen LogP contribution in [0.3, 0.4) is 0 Å². The second-order valence-corrected chi connectivity index (χ2v) is 5.88. The molecule has 18 heavy (non-hydrogen) atoms. The smallest absolute Gasteiger partial charge is 0.0919 e. The van der Waals surface area contributed by atoms with E-state index in [0.29, 0.717) is 0 Å². The number of hydrogen-bond donors (Lipinski definition) is 1. The van der Waals surface area contributed by atoms with Crippen molar-refractivity contribution in [2.75, 3.05) is 19.6 Å². The topological polar surface area (TPSA) is 23.5 Å². The van der Waals surface area contributed by atoms with Crippen molar-refractivity contribution in [3.05, 3.63) is 35.4 Å². The van der Waals surface area contributed by atoms with E-state index in [-0.39, 0.29) is 6.10 Å². The molecule has 0 amide bonds. The minimum Gasteiger partial charge on any atom is -0.387 e. The van der Waals surface area contributed by atoms with Gasteiger partial charge in [-0.3, -0.25) is 0 Å². The van der Waals surface area contributed by atoms with Gasteiger partial charge in [0.2, 0.25) is 0 Å². The van der Waals surface area contributed by atoms with Crippen molar-refractivity contribution in [2.45, 2.75) is 33.3 Å². The molecule has 0 aliphatic carbocycles. The van der Waals surface area contributed by atoms with Gasteiger partial charge in [-0.2, -0.15) is 0 Å². The summed E-state index contributed by atoms with van der Waals surface area (Å²) in [6, 6.07) is 8.14. The first-order chi connectivity index (χ1) is 8.58. The average molecular weight is 247 g/mol. The van der Waals surface area contributed by atoms with Crippen LogP contribution in [0.5, 0.6) is 0 Å². The van der Waals surface area contributed by atoms with E-state index in [1.54, 1.807) is 0 Å². The summed E-state index contributed by atoms with van der Waals surface area (Å²) >= 11 is 0. The largest absolute Gasteiger partial charge is 0.387 e. The predicted octanol–water partition coefficient (Wildman–Crippen LogP) is 3.01. The molecule has 2 nitrogen and oxygen atoms in total. The molecule has 1 aromatic rings. The normalized spacial score (nSPS) is 27.1. The molecular formula is C16H25NO. The van der Waals surface area contributed by atoms with Crippen molar-refractivity contribution in [3.8, 4) is 0 Å². The molecule has 1 aliphatic rings. The third-order valence-corrected chi connectivity index (χ3v) is 4.40. The Kier molecular flexibility index (Phi) is 4.41. The van der Waals surface area contributed by atoms with Gasteiger partial charge in [0.05, 0.1) is 6.10 Å². The fourth-order valence-electron chi connectivity index (χ4n) is 2.82. The van der Waals surface area contributed by atoms with Crippen molar-refractivity contribution in [1.29, 1.82) is 0 Å². The molecule has 3 unspecified atom stereocenters. The molecule has 3 atom stereocenters. The Morgan fingerprint density at radius 2 is 2.00 bits per heavy atom. The zero-order valence-corrected chi connectivity index (χ0v) is 11.8. The fourth-order valence-corrected chi connectivity index (χ4v) is 2.82. The van der Waals surface area contributed by atoms with Gasteiger partial charge in [-0.15, -0.1) is 0 Å². The highest BCUT2D eigenvalue weighted by Gasteiger charge is 2.24. The molecular weight excluding hydrogens is 222 g/mol. The molecule has 0 radical (unpaired) electrons. The maximum atomic E-state index is 10.4. The van der Waals surface area contributed by atoms with Crippen LogP contribution in [0.25, 0.3) is 0 Å². The first kappa shape index (κ1) is 13.6. The monoisotopic (exact) mass is 247 g/mol. The van der Waals surface area contributed by atoms with E-state index in [1.807, 2.05) is 18.2 Å². The SMILES string of the molecule is Cc1ccccc1C(O)CN1CCC(C)C(C)C1. The number of hydrogen-bond acceptors (Lipinski definition) is 2. The highest BCUT2D eigenvalue weighted by molar-refractivity contribution is 5.27. The number of nitrogens with zero attached hydrogens (tertiary/aromatic N) is 1. The van der Waals surface area contributed by atoms with Gasteiger partial charge in [-0.05, 0) is 42.9 Å². The summed E-state index contributed by atoms with van der Waals surface area (Å²) in [7, 11) is 0. The molecule has 2 rings (SSSR count). The van der Waals surface area contributed by atoms with E-state index in [2.05, 4.69) is 31.7 Å². The van der Waals surface area contributed by atoms with Crippen molar-refractivity contribution >= 4 is 0 Å². The van der Waals surface area contributed by atoms with Crippen LogP contribution in [0.4, 0.5) is 0 Å². The molecule has 100 valence electrons. The van der Waals surface area contributed by atoms with Crippen LogP contribution >= 0.6 is 0 Å². The molecule has 1 N–H and O–H groups in total. The molecule has 1 fully saturated rings. The zero-order valence-electron chi connectivity index (χ0n) is 11.8. The van der Waals surface area contributed by atoms with Gasteiger partial charge in [0.25, 0.3) is 0 Å². The lowest BCUT2D eigenvalue weighted by Gasteiger charge is -2.36. The first-order valence-electron chi connectivity index (χ1n) is 7.04. The number of benzene rings is 1. The van der Waals surface area contributed by atoms with Crippen LogP contribution in [-0.4, -0.2) is 29.6 Å². The third-order valence-electron chi connectivity index (χ3n) is 4.40. The molecule has 1 saturated heterocycles. The highest BCUT2D eigenvalue weighted by atomic mass is 16.3. The van der Waals surface area contributed by atoms with E-state index in [9.17, 15) is 5.11 Å². The summed E-state index contributed by atoms with van der Waals surface area (Å²) in [6.07, 6.45) is 0.897. The number of aliphatic hydroxyl groups excluding tert-OH is 1. The van der Waals surface area contributed by atoms with E-state index in [4.69, 9.17) is 0 Å². The Labute approximate surface area is 111 Å². The maximum Gasteiger partial charge on any atom is 0.0919 e. The van der Waals surface area contributed by atoms with Gasteiger partial charge >= 0.3 is 0 Å². The number of β-amino-alcohol motifs (C(OH)–C–C–N with tert-alkyl or cyclic N) is 1. The Morgan fingerprint density at radius 1 is 1.28 bits per heavy atom. The lowest BCUT2D eigenvalue weighted by atomic mass is 9.88. The van der Waals surface area contributed by atoms with Crippen LogP contribution in [0.1, 0.15) is 37.5 Å². The van der Waals surface area contributed by atoms with E-state index in [0.717, 1.165) is 37.0 Å². The molecule has 1 aliphatic heterocycles. The Morgan fingerprint density at radius 3 is 2.67 bits per heavy atom. The van der Waals surface area contributed by atoms with Crippen molar-refractivity contribution in [3.63, 3.8) is 0 Å². The maximum absolute atomic E-state index is 10.4.